The fourth-order valence-corrected chi connectivity index (χ4v) is 2.05. The first-order valence-electron chi connectivity index (χ1n) is 5.17. The molecule has 88 valence electrons. The minimum atomic E-state index is -0.284. The lowest BCUT2D eigenvalue weighted by Gasteiger charge is -2.11. The summed E-state index contributed by atoms with van der Waals surface area (Å²) in [4.78, 5) is 13.5. The standard InChI is InChI=1S/C12H11BrN2O2/c13-10-5-3-9(4-6-10)11(8-15(16)17)12-2-1-7-14-12/h1-7,11,14H,8H2/t11-/m0/s1. The van der Waals surface area contributed by atoms with E-state index in [4.69, 9.17) is 0 Å². The molecule has 0 spiro atoms. The van der Waals surface area contributed by atoms with Crippen LogP contribution in [0.1, 0.15) is 17.2 Å². The van der Waals surface area contributed by atoms with Crippen molar-refractivity contribution >= 4 is 15.9 Å². The van der Waals surface area contributed by atoms with Crippen LogP contribution in [0.2, 0.25) is 0 Å². The Morgan fingerprint density at radius 3 is 2.53 bits per heavy atom. The van der Waals surface area contributed by atoms with Crippen LogP contribution in [0, 0.1) is 10.1 Å². The summed E-state index contributed by atoms with van der Waals surface area (Å²) in [6, 6.07) is 11.3. The highest BCUT2D eigenvalue weighted by atomic mass is 79.9. The molecule has 2 rings (SSSR count). The number of aromatic amines is 1. The maximum absolute atomic E-state index is 10.7. The molecule has 0 saturated carbocycles. The Hall–Kier alpha value is -1.62. The Kier molecular flexibility index (Phi) is 3.58. The van der Waals surface area contributed by atoms with Crippen molar-refractivity contribution in [2.75, 3.05) is 6.54 Å². The van der Waals surface area contributed by atoms with Gasteiger partial charge in [-0.1, -0.05) is 28.1 Å². The van der Waals surface area contributed by atoms with Gasteiger partial charge in [-0.3, -0.25) is 10.1 Å². The molecular weight excluding hydrogens is 284 g/mol. The van der Waals surface area contributed by atoms with Gasteiger partial charge in [-0.25, -0.2) is 0 Å². The molecule has 0 bridgehead atoms. The minimum Gasteiger partial charge on any atom is -0.364 e. The van der Waals surface area contributed by atoms with Crippen molar-refractivity contribution in [3.8, 4) is 0 Å². The average molecular weight is 295 g/mol. The second-order valence-corrected chi connectivity index (χ2v) is 4.66. The minimum absolute atomic E-state index is 0.109. The average Bonchev–Trinajstić information content (AvgIpc) is 2.80. The van der Waals surface area contributed by atoms with Crippen molar-refractivity contribution in [3.63, 3.8) is 0 Å². The Morgan fingerprint density at radius 2 is 2.00 bits per heavy atom. The summed E-state index contributed by atoms with van der Waals surface area (Å²) in [6.07, 6.45) is 1.78. The van der Waals surface area contributed by atoms with Gasteiger partial charge in [0.1, 0.15) is 0 Å². The molecule has 1 atom stereocenters. The van der Waals surface area contributed by atoms with Gasteiger partial charge in [-0.2, -0.15) is 0 Å². The van der Waals surface area contributed by atoms with Gasteiger partial charge in [-0.15, -0.1) is 0 Å². The van der Waals surface area contributed by atoms with Crippen LogP contribution >= 0.6 is 15.9 Å². The Balaban J connectivity index is 2.33. The van der Waals surface area contributed by atoms with E-state index in [0.717, 1.165) is 15.7 Å². The SMILES string of the molecule is O=[N+]([O-])C[C@@H](c1ccc(Br)cc1)c1ccc[nH]1. The third-order valence-corrected chi connectivity index (χ3v) is 3.13. The molecule has 0 unspecified atom stereocenters. The summed E-state index contributed by atoms with van der Waals surface area (Å²) in [5, 5.41) is 10.7. The highest BCUT2D eigenvalue weighted by molar-refractivity contribution is 9.10. The van der Waals surface area contributed by atoms with Gasteiger partial charge < -0.3 is 4.98 Å². The van der Waals surface area contributed by atoms with Crippen molar-refractivity contribution in [2.45, 2.75) is 5.92 Å². The summed E-state index contributed by atoms with van der Waals surface area (Å²) in [6.45, 7) is -0.109. The van der Waals surface area contributed by atoms with E-state index in [9.17, 15) is 10.1 Å². The van der Waals surface area contributed by atoms with Crippen molar-refractivity contribution < 1.29 is 4.92 Å². The maximum Gasteiger partial charge on any atom is 0.216 e. The predicted molar refractivity (Wildman–Crippen MR) is 68.6 cm³/mol. The van der Waals surface area contributed by atoms with Crippen LogP contribution in [-0.2, 0) is 0 Å². The van der Waals surface area contributed by atoms with E-state index >= 15 is 0 Å². The van der Waals surface area contributed by atoms with E-state index in [-0.39, 0.29) is 17.4 Å². The molecule has 4 nitrogen and oxygen atoms in total. The molecule has 0 amide bonds. The number of halogens is 1. The highest BCUT2D eigenvalue weighted by Gasteiger charge is 2.20. The van der Waals surface area contributed by atoms with Gasteiger partial charge >= 0.3 is 0 Å². The molecule has 5 heteroatoms. The summed E-state index contributed by atoms with van der Waals surface area (Å²) in [5.41, 5.74) is 1.80. The van der Waals surface area contributed by atoms with Crippen LogP contribution in [0.25, 0.3) is 0 Å². The number of aromatic nitrogens is 1. The predicted octanol–water partition coefficient (Wildman–Crippen LogP) is 3.19. The molecule has 0 saturated heterocycles. The molecule has 2 aromatic rings. The van der Waals surface area contributed by atoms with Gasteiger partial charge in [0.2, 0.25) is 6.54 Å². The molecule has 1 N–H and O–H groups in total. The number of benzene rings is 1. The highest BCUT2D eigenvalue weighted by Crippen LogP contribution is 2.24. The number of nitro groups is 1. The van der Waals surface area contributed by atoms with Crippen LogP contribution < -0.4 is 0 Å². The number of hydrogen-bond acceptors (Lipinski definition) is 2. The Morgan fingerprint density at radius 1 is 1.29 bits per heavy atom. The van der Waals surface area contributed by atoms with E-state index in [0.29, 0.717) is 0 Å². The zero-order valence-electron chi connectivity index (χ0n) is 8.97. The monoisotopic (exact) mass is 294 g/mol. The number of H-pyrrole nitrogens is 1. The van der Waals surface area contributed by atoms with E-state index in [1.54, 1.807) is 6.20 Å². The molecule has 17 heavy (non-hydrogen) atoms. The molecule has 0 fully saturated rings. The second kappa shape index (κ2) is 5.14. The second-order valence-electron chi connectivity index (χ2n) is 3.74. The molecule has 1 aromatic heterocycles. The summed E-state index contributed by atoms with van der Waals surface area (Å²) in [5.74, 6) is -0.229. The molecule has 0 radical (unpaired) electrons. The molecular formula is C12H11BrN2O2. The fraction of sp³-hybridized carbons (Fsp3) is 0.167. The van der Waals surface area contributed by atoms with E-state index < -0.39 is 0 Å². The lowest BCUT2D eigenvalue weighted by molar-refractivity contribution is -0.481. The van der Waals surface area contributed by atoms with Crippen LogP contribution in [-0.4, -0.2) is 16.5 Å². The zero-order valence-corrected chi connectivity index (χ0v) is 10.6. The quantitative estimate of drug-likeness (QED) is 0.695. The van der Waals surface area contributed by atoms with Gasteiger partial charge in [0, 0.05) is 21.3 Å². The maximum atomic E-state index is 10.7. The molecule has 0 aliphatic carbocycles. The topological polar surface area (TPSA) is 58.9 Å². The normalized spacial score (nSPS) is 12.3. The summed E-state index contributed by atoms with van der Waals surface area (Å²) >= 11 is 3.35. The van der Waals surface area contributed by atoms with Crippen LogP contribution in [0.3, 0.4) is 0 Å². The van der Waals surface area contributed by atoms with Crippen molar-refractivity contribution in [1.82, 2.24) is 4.98 Å². The molecule has 1 heterocycles. The van der Waals surface area contributed by atoms with Crippen LogP contribution in [0.4, 0.5) is 0 Å². The molecule has 0 aliphatic rings. The zero-order chi connectivity index (χ0) is 12.3. The van der Waals surface area contributed by atoms with Gasteiger partial charge in [0.05, 0.1) is 5.92 Å². The van der Waals surface area contributed by atoms with E-state index in [1.807, 2.05) is 36.4 Å². The Bertz CT molecular complexity index is 494. The van der Waals surface area contributed by atoms with E-state index in [2.05, 4.69) is 20.9 Å². The lowest BCUT2D eigenvalue weighted by Crippen LogP contribution is -2.14. The first-order chi connectivity index (χ1) is 8.16. The van der Waals surface area contributed by atoms with Gasteiger partial charge in [-0.05, 0) is 29.8 Å². The lowest BCUT2D eigenvalue weighted by atomic mass is 9.96. The Labute approximate surface area is 107 Å². The van der Waals surface area contributed by atoms with Crippen molar-refractivity contribution in [2.24, 2.45) is 0 Å². The first kappa shape index (κ1) is 11.9. The third-order valence-electron chi connectivity index (χ3n) is 2.60. The number of nitrogens with zero attached hydrogens (tertiary/aromatic N) is 1. The van der Waals surface area contributed by atoms with E-state index in [1.165, 1.54) is 0 Å². The third kappa shape index (κ3) is 2.94. The molecule has 1 aromatic carbocycles. The van der Waals surface area contributed by atoms with Crippen LogP contribution in [0.15, 0.2) is 47.1 Å². The summed E-state index contributed by atoms with van der Waals surface area (Å²) in [7, 11) is 0. The smallest absolute Gasteiger partial charge is 0.216 e. The number of rotatable bonds is 4. The van der Waals surface area contributed by atoms with Crippen LogP contribution in [0.5, 0.6) is 0 Å². The fourth-order valence-electron chi connectivity index (χ4n) is 1.79. The van der Waals surface area contributed by atoms with Gasteiger partial charge in [0.25, 0.3) is 0 Å². The first-order valence-corrected chi connectivity index (χ1v) is 5.96. The number of hydrogen-bond donors (Lipinski definition) is 1. The van der Waals surface area contributed by atoms with Gasteiger partial charge in [0.15, 0.2) is 0 Å². The molecule has 0 aliphatic heterocycles. The number of nitrogens with one attached hydrogen (secondary N) is 1. The van der Waals surface area contributed by atoms with Crippen molar-refractivity contribution in [3.05, 3.63) is 68.4 Å². The largest absolute Gasteiger partial charge is 0.364 e. The van der Waals surface area contributed by atoms with Crippen molar-refractivity contribution in [1.29, 1.82) is 0 Å². The summed E-state index contributed by atoms with van der Waals surface area (Å²) < 4.78 is 0.965.